The molecule has 33 heavy (non-hydrogen) atoms. The number of hydrogen-bond acceptors (Lipinski definition) is 8. The Morgan fingerprint density at radius 2 is 1.70 bits per heavy atom. The summed E-state index contributed by atoms with van der Waals surface area (Å²) in [5.74, 6) is 0.818. The van der Waals surface area contributed by atoms with Crippen LogP contribution in [0, 0.1) is 6.92 Å². The van der Waals surface area contributed by atoms with E-state index in [2.05, 4.69) is 27.9 Å². The number of thiophene rings is 1. The fourth-order valence-electron chi connectivity index (χ4n) is 4.22. The number of piperazine rings is 1. The predicted octanol–water partition coefficient (Wildman–Crippen LogP) is 1.98. The molecule has 2 aliphatic heterocycles. The summed E-state index contributed by atoms with van der Waals surface area (Å²) in [7, 11) is -3.57. The highest BCUT2D eigenvalue weighted by atomic mass is 32.2. The van der Waals surface area contributed by atoms with Crippen LogP contribution in [0.1, 0.15) is 15.2 Å². The van der Waals surface area contributed by atoms with Gasteiger partial charge in [-0.25, -0.2) is 18.4 Å². The van der Waals surface area contributed by atoms with E-state index in [0.717, 1.165) is 16.0 Å². The topological polar surface area (TPSA) is 95.9 Å². The minimum atomic E-state index is -3.57. The van der Waals surface area contributed by atoms with Crippen LogP contribution in [0.15, 0.2) is 41.6 Å². The minimum Gasteiger partial charge on any atom is -0.379 e. The van der Waals surface area contributed by atoms with Gasteiger partial charge in [-0.05, 0) is 37.3 Å². The highest BCUT2D eigenvalue weighted by molar-refractivity contribution is 7.89. The van der Waals surface area contributed by atoms with Gasteiger partial charge in [0.15, 0.2) is 0 Å². The van der Waals surface area contributed by atoms with Crippen molar-refractivity contribution in [2.45, 2.75) is 11.8 Å². The van der Waals surface area contributed by atoms with Crippen molar-refractivity contribution >= 4 is 43.3 Å². The highest BCUT2D eigenvalue weighted by Crippen LogP contribution is 2.30. The van der Waals surface area contributed by atoms with E-state index in [1.807, 2.05) is 0 Å². The standard InChI is InChI=1S/C22H25N5O4S2/c1-16-14-19-20(23-15-24-21(19)32-16)25-6-8-26(9-7-25)22(28)17-2-4-18(5-3-17)33(29,30)27-10-12-31-13-11-27/h2-5,14-15H,6-13H2,1H3. The lowest BCUT2D eigenvalue weighted by Crippen LogP contribution is -2.49. The van der Waals surface area contributed by atoms with Gasteiger partial charge in [0.1, 0.15) is 17.0 Å². The molecular formula is C22H25N5O4S2. The van der Waals surface area contributed by atoms with Crippen LogP contribution in [0.4, 0.5) is 5.82 Å². The molecule has 2 aromatic heterocycles. The number of anilines is 1. The van der Waals surface area contributed by atoms with Crippen LogP contribution in [0.2, 0.25) is 0 Å². The smallest absolute Gasteiger partial charge is 0.253 e. The Hall–Kier alpha value is -2.60. The third-order valence-electron chi connectivity index (χ3n) is 6.01. The quantitative estimate of drug-likeness (QED) is 0.555. The van der Waals surface area contributed by atoms with Crippen LogP contribution in [0.3, 0.4) is 0 Å². The number of nitrogens with zero attached hydrogens (tertiary/aromatic N) is 5. The van der Waals surface area contributed by atoms with Crippen molar-refractivity contribution in [1.82, 2.24) is 19.2 Å². The summed E-state index contributed by atoms with van der Waals surface area (Å²) >= 11 is 1.65. The first-order valence-electron chi connectivity index (χ1n) is 10.9. The highest BCUT2D eigenvalue weighted by Gasteiger charge is 2.28. The fraction of sp³-hybridized carbons (Fsp3) is 0.409. The third-order valence-corrected chi connectivity index (χ3v) is 8.88. The van der Waals surface area contributed by atoms with Crippen molar-refractivity contribution in [3.8, 4) is 0 Å². The Morgan fingerprint density at radius 3 is 2.39 bits per heavy atom. The summed E-state index contributed by atoms with van der Waals surface area (Å²) in [5, 5.41) is 1.05. The molecule has 0 saturated carbocycles. The molecule has 4 heterocycles. The summed E-state index contributed by atoms with van der Waals surface area (Å²) in [5.41, 5.74) is 0.488. The number of aryl methyl sites for hydroxylation is 1. The maximum atomic E-state index is 13.0. The van der Waals surface area contributed by atoms with Gasteiger partial charge in [-0.2, -0.15) is 4.31 Å². The van der Waals surface area contributed by atoms with E-state index < -0.39 is 10.0 Å². The van der Waals surface area contributed by atoms with Gasteiger partial charge in [0.05, 0.1) is 23.5 Å². The second kappa shape index (κ2) is 8.98. The lowest BCUT2D eigenvalue weighted by molar-refractivity contribution is 0.0730. The Kier molecular flexibility index (Phi) is 6.04. The van der Waals surface area contributed by atoms with Gasteiger partial charge in [-0.1, -0.05) is 0 Å². The Bertz CT molecular complexity index is 1260. The predicted molar refractivity (Wildman–Crippen MR) is 126 cm³/mol. The van der Waals surface area contributed by atoms with E-state index in [9.17, 15) is 13.2 Å². The van der Waals surface area contributed by atoms with Crippen molar-refractivity contribution < 1.29 is 17.9 Å². The number of carbonyl (C=O) groups is 1. The number of carbonyl (C=O) groups excluding carboxylic acids is 1. The maximum Gasteiger partial charge on any atom is 0.253 e. The molecular weight excluding hydrogens is 462 g/mol. The van der Waals surface area contributed by atoms with Gasteiger partial charge in [-0.15, -0.1) is 11.3 Å². The molecule has 2 saturated heterocycles. The molecule has 5 rings (SSSR count). The van der Waals surface area contributed by atoms with Crippen LogP contribution >= 0.6 is 11.3 Å². The van der Waals surface area contributed by atoms with E-state index in [4.69, 9.17) is 4.74 Å². The summed E-state index contributed by atoms with van der Waals surface area (Å²) in [6.45, 7) is 6.04. The zero-order valence-electron chi connectivity index (χ0n) is 18.3. The number of ether oxygens (including phenoxy) is 1. The van der Waals surface area contributed by atoms with Gasteiger partial charge in [0, 0.05) is 49.7 Å². The molecule has 9 nitrogen and oxygen atoms in total. The zero-order chi connectivity index (χ0) is 23.0. The van der Waals surface area contributed by atoms with Crippen molar-refractivity contribution in [3.05, 3.63) is 47.1 Å². The van der Waals surface area contributed by atoms with E-state index in [1.54, 1.807) is 34.7 Å². The first-order valence-corrected chi connectivity index (χ1v) is 13.1. The first kappa shape index (κ1) is 22.2. The fourth-order valence-corrected chi connectivity index (χ4v) is 6.47. The number of fused-ring (bicyclic) bond motifs is 1. The molecule has 174 valence electrons. The van der Waals surface area contributed by atoms with E-state index in [1.165, 1.54) is 21.3 Å². The normalized spacial score (nSPS) is 18.1. The van der Waals surface area contributed by atoms with Gasteiger partial charge >= 0.3 is 0 Å². The van der Waals surface area contributed by atoms with Crippen molar-refractivity contribution in [1.29, 1.82) is 0 Å². The lowest BCUT2D eigenvalue weighted by atomic mass is 10.2. The van der Waals surface area contributed by atoms with Crippen LogP contribution in [0.25, 0.3) is 10.2 Å². The van der Waals surface area contributed by atoms with E-state index >= 15 is 0 Å². The number of morpholine rings is 1. The summed E-state index contributed by atoms with van der Waals surface area (Å²) in [6, 6.07) is 8.35. The summed E-state index contributed by atoms with van der Waals surface area (Å²) in [6.07, 6.45) is 1.59. The van der Waals surface area contributed by atoms with Gasteiger partial charge in [-0.3, -0.25) is 4.79 Å². The molecule has 0 bridgehead atoms. The number of sulfonamides is 1. The van der Waals surface area contributed by atoms with Crippen LogP contribution in [0.5, 0.6) is 0 Å². The van der Waals surface area contributed by atoms with E-state index in [0.29, 0.717) is 58.0 Å². The van der Waals surface area contributed by atoms with Gasteiger partial charge in [0.25, 0.3) is 5.91 Å². The number of hydrogen-bond donors (Lipinski definition) is 0. The van der Waals surface area contributed by atoms with Crippen molar-refractivity contribution in [2.24, 2.45) is 0 Å². The van der Waals surface area contributed by atoms with Gasteiger partial charge in [0.2, 0.25) is 10.0 Å². The molecule has 0 radical (unpaired) electrons. The van der Waals surface area contributed by atoms with E-state index in [-0.39, 0.29) is 10.8 Å². The van der Waals surface area contributed by atoms with Crippen LogP contribution in [-0.2, 0) is 14.8 Å². The molecule has 0 atom stereocenters. The maximum absolute atomic E-state index is 13.0. The molecule has 0 N–H and O–H groups in total. The number of benzene rings is 1. The molecule has 2 aliphatic rings. The SMILES string of the molecule is Cc1cc2c(N3CCN(C(=O)c4ccc(S(=O)(=O)N5CCOCC5)cc4)CC3)ncnc2s1. The van der Waals surface area contributed by atoms with Crippen molar-refractivity contribution in [3.63, 3.8) is 0 Å². The summed E-state index contributed by atoms with van der Waals surface area (Å²) in [4.78, 5) is 28.2. The molecule has 11 heteroatoms. The molecule has 3 aromatic rings. The molecule has 2 fully saturated rings. The molecule has 0 unspecified atom stereocenters. The van der Waals surface area contributed by atoms with Crippen LogP contribution < -0.4 is 4.90 Å². The third kappa shape index (κ3) is 4.33. The first-order chi connectivity index (χ1) is 15.9. The molecule has 0 aliphatic carbocycles. The zero-order valence-corrected chi connectivity index (χ0v) is 19.9. The second-order valence-electron chi connectivity index (χ2n) is 8.09. The molecule has 0 spiro atoms. The Labute approximate surface area is 196 Å². The minimum absolute atomic E-state index is 0.0933. The van der Waals surface area contributed by atoms with Gasteiger partial charge < -0.3 is 14.5 Å². The van der Waals surface area contributed by atoms with Crippen LogP contribution in [-0.4, -0.2) is 86.0 Å². The monoisotopic (exact) mass is 487 g/mol. The Morgan fingerprint density at radius 1 is 1.00 bits per heavy atom. The summed E-state index contributed by atoms with van der Waals surface area (Å²) < 4.78 is 32.3. The Balaban J connectivity index is 1.25. The largest absolute Gasteiger partial charge is 0.379 e. The van der Waals surface area contributed by atoms with Crippen molar-refractivity contribution in [2.75, 3.05) is 57.4 Å². The second-order valence-corrected chi connectivity index (χ2v) is 11.3. The number of rotatable bonds is 4. The average Bonchev–Trinajstić information content (AvgIpc) is 3.24. The number of amides is 1. The lowest BCUT2D eigenvalue weighted by Gasteiger charge is -2.35. The number of aromatic nitrogens is 2. The molecule has 1 amide bonds. The average molecular weight is 488 g/mol. The molecule has 1 aromatic carbocycles.